The third-order valence-corrected chi connectivity index (χ3v) is 15.3. The van der Waals surface area contributed by atoms with Gasteiger partial charge in [0.25, 0.3) is 0 Å². The molecule has 8 bridgehead atoms. The molecule has 2 atom stereocenters. The van der Waals surface area contributed by atoms with E-state index in [-0.39, 0.29) is 24.0 Å². The van der Waals surface area contributed by atoms with Crippen molar-refractivity contribution in [2.45, 2.75) is 105 Å². The van der Waals surface area contributed by atoms with Crippen molar-refractivity contribution in [3.63, 3.8) is 0 Å². The summed E-state index contributed by atoms with van der Waals surface area (Å²) in [6, 6.07) is 50.4. The highest BCUT2D eigenvalue weighted by molar-refractivity contribution is 5.87. The van der Waals surface area contributed by atoms with Crippen LogP contribution in [0, 0.1) is 0 Å². The topological polar surface area (TPSA) is 214 Å². The molecule has 16 nitrogen and oxygen atoms in total. The number of nitrogens with two attached hydrogens (primary N) is 2. The van der Waals surface area contributed by atoms with Crippen LogP contribution in [0.1, 0.15) is 135 Å². The van der Waals surface area contributed by atoms with Gasteiger partial charge in [-0.2, -0.15) is 29.9 Å². The number of benzene rings is 8. The third-order valence-electron chi connectivity index (χ3n) is 15.3. The average molecular weight is 1150 g/mol. The Morgan fingerprint density at radius 1 is 0.372 bits per heavy atom. The van der Waals surface area contributed by atoms with Crippen LogP contribution in [0.25, 0.3) is 21.5 Å². The second-order valence-electron chi connectivity index (χ2n) is 22.0. The van der Waals surface area contributed by atoms with E-state index >= 15 is 0 Å². The maximum absolute atomic E-state index is 6.90. The minimum absolute atomic E-state index is 0.0833. The molecule has 0 unspecified atom stereocenters. The number of nitrogen functional groups attached to an aromatic ring is 2. The van der Waals surface area contributed by atoms with E-state index in [0.29, 0.717) is 75.9 Å². The van der Waals surface area contributed by atoms with Crippen LogP contribution in [-0.2, 0) is 25.7 Å². The van der Waals surface area contributed by atoms with E-state index in [1.807, 2.05) is 12.1 Å². The van der Waals surface area contributed by atoms with Crippen molar-refractivity contribution in [1.82, 2.24) is 29.9 Å². The average Bonchev–Trinajstić information content (AvgIpc) is 3.63. The number of nitrogens with one attached hydrogen (secondary N) is 4. The highest BCUT2D eigenvalue weighted by Gasteiger charge is 2.25. The van der Waals surface area contributed by atoms with Gasteiger partial charge in [-0.1, -0.05) is 149 Å². The van der Waals surface area contributed by atoms with Gasteiger partial charge in [0.2, 0.25) is 35.7 Å². The first-order valence-electron chi connectivity index (χ1n) is 30.1. The van der Waals surface area contributed by atoms with E-state index in [9.17, 15) is 0 Å². The highest BCUT2D eigenvalue weighted by atomic mass is 16.5. The molecule has 1 aliphatic rings. The van der Waals surface area contributed by atoms with Gasteiger partial charge >= 0.3 is 0 Å². The fraction of sp³-hybridized carbons (Fsp3) is 0.286. The van der Waals surface area contributed by atoms with E-state index in [4.69, 9.17) is 40.4 Å². The van der Waals surface area contributed by atoms with Crippen molar-refractivity contribution in [3.05, 3.63) is 201 Å². The number of fused-ring (bicyclic) bond motifs is 10. The van der Waals surface area contributed by atoms with Crippen LogP contribution in [0.15, 0.2) is 146 Å². The molecule has 11 rings (SSSR count). The summed E-state index contributed by atoms with van der Waals surface area (Å²) in [4.78, 5) is 28.1. The molecule has 0 amide bonds. The second kappa shape index (κ2) is 26.9. The Morgan fingerprint density at radius 2 is 0.674 bits per heavy atom. The van der Waals surface area contributed by atoms with Crippen LogP contribution in [0.3, 0.4) is 0 Å². The van der Waals surface area contributed by atoms with E-state index in [0.717, 1.165) is 137 Å². The first-order chi connectivity index (χ1) is 42.0. The maximum Gasteiger partial charge on any atom is 0.233 e. The van der Waals surface area contributed by atoms with Gasteiger partial charge in [-0.05, 0) is 119 Å². The van der Waals surface area contributed by atoms with Crippen molar-refractivity contribution in [2.75, 3.05) is 59.2 Å². The van der Waals surface area contributed by atoms with Crippen molar-refractivity contribution in [3.8, 4) is 23.0 Å². The number of hydrogen-bond acceptors (Lipinski definition) is 16. The maximum atomic E-state index is 6.90. The van der Waals surface area contributed by atoms with Crippen LogP contribution in [0.2, 0.25) is 0 Å². The molecule has 0 fully saturated rings. The summed E-state index contributed by atoms with van der Waals surface area (Å²) in [6.45, 7) is 14.8. The second-order valence-corrected chi connectivity index (χ2v) is 22.0. The van der Waals surface area contributed by atoms with Gasteiger partial charge in [0, 0.05) is 59.3 Å². The van der Waals surface area contributed by atoms with Gasteiger partial charge in [0.1, 0.15) is 23.0 Å². The summed E-state index contributed by atoms with van der Waals surface area (Å²) < 4.78 is 27.6. The molecule has 8 N–H and O–H groups in total. The molecule has 440 valence electrons. The van der Waals surface area contributed by atoms with Gasteiger partial charge in [0.05, 0.1) is 38.5 Å². The Bertz CT molecular complexity index is 3670. The normalized spacial score (nSPS) is 12.7. The highest BCUT2D eigenvalue weighted by Crippen LogP contribution is 2.42. The lowest BCUT2D eigenvalue weighted by Gasteiger charge is -2.24. The van der Waals surface area contributed by atoms with E-state index in [1.54, 1.807) is 0 Å². The zero-order valence-corrected chi connectivity index (χ0v) is 50.0. The quantitative estimate of drug-likeness (QED) is 0.0372. The molecule has 86 heavy (non-hydrogen) atoms. The molecule has 2 heterocycles. The summed E-state index contributed by atoms with van der Waals surface area (Å²) in [6.07, 6.45) is 5.17. The SMILES string of the molecule is CCCOc1c2cccc1Cc1cc(Nc3nc(N)nc(N[C@H](C)c4cccc5ccccc45)n3)cc(c1OCCC)Cc1cccc(c1OCCC)Cc1cc(Nc3nc(N)nc(N[C@H](C)c4cccc5ccccc45)n3)cc(c1OCCC)C2. The fourth-order valence-electron chi connectivity index (χ4n) is 11.5. The number of rotatable bonds is 22. The molecule has 10 aromatic rings. The molecule has 1 aliphatic carbocycles. The van der Waals surface area contributed by atoms with E-state index in [1.165, 1.54) is 0 Å². The molecule has 16 heteroatoms. The summed E-state index contributed by atoms with van der Waals surface area (Å²) >= 11 is 0. The monoisotopic (exact) mass is 1150 g/mol. The smallest absolute Gasteiger partial charge is 0.233 e. The molecule has 8 aromatic carbocycles. The Kier molecular flexibility index (Phi) is 18.2. The molecule has 0 aliphatic heterocycles. The summed E-state index contributed by atoms with van der Waals surface area (Å²) in [7, 11) is 0. The predicted molar refractivity (Wildman–Crippen MR) is 347 cm³/mol. The number of anilines is 8. The van der Waals surface area contributed by atoms with Gasteiger partial charge in [-0.25, -0.2) is 0 Å². The lowest BCUT2D eigenvalue weighted by Crippen LogP contribution is -2.13. The largest absolute Gasteiger partial charge is 0.493 e. The summed E-state index contributed by atoms with van der Waals surface area (Å²) in [5, 5.41) is 18.7. The number of ether oxygens (including phenoxy) is 4. The van der Waals surface area contributed by atoms with E-state index < -0.39 is 0 Å². The lowest BCUT2D eigenvalue weighted by molar-refractivity contribution is 0.304. The zero-order valence-electron chi connectivity index (χ0n) is 50.0. The summed E-state index contributed by atoms with van der Waals surface area (Å²) in [5.74, 6) is 4.71. The van der Waals surface area contributed by atoms with Crippen molar-refractivity contribution >= 4 is 68.6 Å². The van der Waals surface area contributed by atoms with Crippen molar-refractivity contribution in [1.29, 1.82) is 0 Å². The van der Waals surface area contributed by atoms with Gasteiger partial charge in [-0.3, -0.25) is 0 Å². The van der Waals surface area contributed by atoms with Crippen molar-refractivity contribution in [2.24, 2.45) is 0 Å². The molecular weight excluding hydrogens is 1070 g/mol. The number of para-hydroxylation sites is 2. The first-order valence-corrected chi connectivity index (χ1v) is 30.1. The first kappa shape index (κ1) is 58.1. The molecule has 0 spiro atoms. The number of aromatic nitrogens is 6. The standard InChI is InChI=1S/C70H76N12O4/c1-7-31-83-61-47-23-15-24-48(61)36-52-40-56(76-70-80-66(72)78-68(82-70)74-44(6)58-30-18-22-46-20-12-14-28-60(46)58)42-54(64(52)86-34-10-4)38-50-26-16-25-49(62(50)84-32-8-2)37-53-41-55(39-51(35-47)63(53)85-33-9-3)75-69-79-65(71)77-67(81-69)73-43(5)57-29-17-21-45-19-11-13-27-59(45)57/h11-30,39-44H,7-10,31-38H2,1-6H3,(H4,71,73,75,77,79,81)(H4,72,74,76,78,80,82)/t43-,44-/m1/s1. The fourth-order valence-corrected chi connectivity index (χ4v) is 11.5. The Labute approximate surface area is 503 Å². The predicted octanol–water partition coefficient (Wildman–Crippen LogP) is 15.2. The molecule has 2 aromatic heterocycles. The van der Waals surface area contributed by atoms with Gasteiger partial charge in [-0.15, -0.1) is 0 Å². The molecule has 0 saturated heterocycles. The minimum Gasteiger partial charge on any atom is -0.493 e. The van der Waals surface area contributed by atoms with Gasteiger partial charge in [0.15, 0.2) is 0 Å². The van der Waals surface area contributed by atoms with Crippen LogP contribution in [0.4, 0.5) is 47.1 Å². The third kappa shape index (κ3) is 13.4. The molecular formula is C70H76N12O4. The summed E-state index contributed by atoms with van der Waals surface area (Å²) in [5.41, 5.74) is 24.6. The molecule has 0 saturated carbocycles. The van der Waals surface area contributed by atoms with Crippen LogP contribution in [-0.4, -0.2) is 56.3 Å². The Hall–Kier alpha value is -9.70. The van der Waals surface area contributed by atoms with Crippen molar-refractivity contribution < 1.29 is 18.9 Å². The Balaban J connectivity index is 1.01. The van der Waals surface area contributed by atoms with Gasteiger partial charge < -0.3 is 51.7 Å². The Morgan fingerprint density at radius 3 is 1.02 bits per heavy atom. The number of nitrogens with zero attached hydrogens (tertiary/aromatic N) is 6. The molecule has 0 radical (unpaired) electrons. The van der Waals surface area contributed by atoms with Crippen LogP contribution in [0.5, 0.6) is 23.0 Å². The van der Waals surface area contributed by atoms with E-state index in [2.05, 4.69) is 216 Å². The zero-order chi connectivity index (χ0) is 59.5. The minimum atomic E-state index is -0.143. The van der Waals surface area contributed by atoms with Crippen LogP contribution < -0.4 is 51.7 Å². The lowest BCUT2D eigenvalue weighted by atomic mass is 9.90. The number of hydrogen-bond donors (Lipinski definition) is 6. The van der Waals surface area contributed by atoms with Crippen LogP contribution >= 0.6 is 0 Å².